The highest BCUT2D eigenvalue weighted by atomic mass is 16.5. The molecule has 2 rings (SSSR count). The van der Waals surface area contributed by atoms with Crippen LogP contribution >= 0.6 is 0 Å². The Bertz CT molecular complexity index is 430. The minimum absolute atomic E-state index is 0.350. The predicted molar refractivity (Wildman–Crippen MR) is 73.1 cm³/mol. The number of aryl methyl sites for hydroxylation is 1. The molecule has 0 unspecified atom stereocenters. The fourth-order valence-electron chi connectivity index (χ4n) is 1.95. The molecule has 0 saturated heterocycles. The molecule has 0 radical (unpaired) electrons. The van der Waals surface area contributed by atoms with E-state index < -0.39 is 0 Å². The van der Waals surface area contributed by atoms with Gasteiger partial charge in [-0.25, -0.2) is 4.79 Å². The number of ether oxygens (including phenoxy) is 1. The van der Waals surface area contributed by atoms with Crippen molar-refractivity contribution in [2.24, 2.45) is 5.92 Å². The second-order valence-electron chi connectivity index (χ2n) is 5.02. The number of carbonyl (C=O) groups is 1. The Morgan fingerprint density at radius 3 is 3.11 bits per heavy atom. The highest BCUT2D eigenvalue weighted by Gasteiger charge is 2.10. The zero-order valence-electron chi connectivity index (χ0n) is 11.0. The first kappa shape index (κ1) is 12.7. The number of hydrogen-bond acceptors (Lipinski definition) is 3. The lowest BCUT2D eigenvalue weighted by atomic mass is 10.0. The van der Waals surface area contributed by atoms with Gasteiger partial charge in [-0.2, -0.15) is 0 Å². The fraction of sp³-hybridized carbons (Fsp3) is 0.500. The van der Waals surface area contributed by atoms with Crippen molar-refractivity contribution in [3.63, 3.8) is 0 Å². The number of hydrogen-bond donors (Lipinski definition) is 2. The van der Waals surface area contributed by atoms with Crippen molar-refractivity contribution in [1.29, 1.82) is 0 Å². The maximum atomic E-state index is 11.5. The Balaban J connectivity index is 1.95. The number of rotatable bonds is 3. The van der Waals surface area contributed by atoms with Gasteiger partial charge in [-0.3, -0.25) is 5.32 Å². The normalized spacial score (nSPS) is 13.7. The van der Waals surface area contributed by atoms with Gasteiger partial charge in [0.25, 0.3) is 0 Å². The van der Waals surface area contributed by atoms with Gasteiger partial charge in [0.1, 0.15) is 0 Å². The van der Waals surface area contributed by atoms with E-state index >= 15 is 0 Å². The van der Waals surface area contributed by atoms with Gasteiger partial charge in [-0.15, -0.1) is 0 Å². The van der Waals surface area contributed by atoms with Crippen LogP contribution in [0.15, 0.2) is 18.2 Å². The molecule has 4 nitrogen and oxygen atoms in total. The molecule has 98 valence electrons. The average Bonchev–Trinajstić information content (AvgIpc) is 2.36. The molecular weight excluding hydrogens is 228 g/mol. The van der Waals surface area contributed by atoms with E-state index in [0.717, 1.165) is 25.1 Å². The van der Waals surface area contributed by atoms with E-state index in [1.807, 2.05) is 32.0 Å². The Morgan fingerprint density at radius 1 is 1.50 bits per heavy atom. The highest BCUT2D eigenvalue weighted by molar-refractivity contribution is 5.85. The number of amides is 1. The number of benzene rings is 1. The van der Waals surface area contributed by atoms with E-state index in [0.29, 0.717) is 12.5 Å². The molecule has 0 bridgehead atoms. The van der Waals surface area contributed by atoms with E-state index in [-0.39, 0.29) is 6.09 Å². The Morgan fingerprint density at radius 2 is 2.33 bits per heavy atom. The number of nitrogens with one attached hydrogen (secondary N) is 2. The molecule has 1 aliphatic heterocycles. The zero-order chi connectivity index (χ0) is 13.0. The second kappa shape index (κ2) is 5.76. The van der Waals surface area contributed by atoms with Crippen molar-refractivity contribution in [3.8, 4) is 0 Å². The Hall–Kier alpha value is -1.71. The molecule has 1 heterocycles. The lowest BCUT2D eigenvalue weighted by molar-refractivity contribution is 0.147. The van der Waals surface area contributed by atoms with Gasteiger partial charge >= 0.3 is 6.09 Å². The molecule has 1 amide bonds. The molecular formula is C14H20N2O2. The summed E-state index contributed by atoms with van der Waals surface area (Å²) >= 11 is 0. The number of fused-ring (bicyclic) bond motifs is 1. The summed E-state index contributed by atoms with van der Waals surface area (Å²) in [5.41, 5.74) is 3.22. The maximum absolute atomic E-state index is 11.5. The van der Waals surface area contributed by atoms with E-state index in [2.05, 4.69) is 10.6 Å². The van der Waals surface area contributed by atoms with Gasteiger partial charge in [0, 0.05) is 17.9 Å². The summed E-state index contributed by atoms with van der Waals surface area (Å²) in [4.78, 5) is 11.5. The summed E-state index contributed by atoms with van der Waals surface area (Å²) in [6, 6.07) is 5.92. The smallest absolute Gasteiger partial charge is 0.411 e. The lowest BCUT2D eigenvalue weighted by Gasteiger charge is -2.18. The van der Waals surface area contributed by atoms with Crippen molar-refractivity contribution in [3.05, 3.63) is 23.8 Å². The van der Waals surface area contributed by atoms with Crippen molar-refractivity contribution in [2.75, 3.05) is 23.8 Å². The topological polar surface area (TPSA) is 50.4 Å². The molecule has 1 aliphatic rings. The van der Waals surface area contributed by atoms with Crippen LogP contribution < -0.4 is 10.6 Å². The van der Waals surface area contributed by atoms with Crippen LogP contribution in [0.25, 0.3) is 0 Å². The van der Waals surface area contributed by atoms with Crippen molar-refractivity contribution in [2.45, 2.75) is 26.7 Å². The number of carbonyl (C=O) groups excluding carboxylic acids is 1. The molecule has 0 saturated carbocycles. The van der Waals surface area contributed by atoms with Gasteiger partial charge in [0.05, 0.1) is 6.61 Å². The fourth-order valence-corrected chi connectivity index (χ4v) is 1.95. The monoisotopic (exact) mass is 248 g/mol. The molecule has 0 spiro atoms. The first-order valence-electron chi connectivity index (χ1n) is 6.46. The van der Waals surface area contributed by atoms with Gasteiger partial charge < -0.3 is 10.1 Å². The largest absolute Gasteiger partial charge is 0.449 e. The van der Waals surface area contributed by atoms with Gasteiger partial charge in [-0.1, -0.05) is 13.8 Å². The molecule has 4 heteroatoms. The third-order valence-electron chi connectivity index (χ3n) is 2.84. The molecule has 1 aromatic rings. The quantitative estimate of drug-likeness (QED) is 0.863. The van der Waals surface area contributed by atoms with Crippen LogP contribution in [0.3, 0.4) is 0 Å². The minimum Gasteiger partial charge on any atom is -0.449 e. The lowest BCUT2D eigenvalue weighted by Crippen LogP contribution is -2.17. The van der Waals surface area contributed by atoms with E-state index in [1.54, 1.807) is 0 Å². The van der Waals surface area contributed by atoms with Crippen LogP contribution in [-0.2, 0) is 11.2 Å². The predicted octanol–water partition coefficient (Wildman–Crippen LogP) is 3.25. The SMILES string of the molecule is CC(C)COC(=O)Nc1ccc2c(c1)CCCN2. The summed E-state index contributed by atoms with van der Waals surface area (Å²) in [6.45, 7) is 5.49. The molecule has 18 heavy (non-hydrogen) atoms. The second-order valence-corrected chi connectivity index (χ2v) is 5.02. The summed E-state index contributed by atoms with van der Waals surface area (Å²) in [5, 5.41) is 6.10. The molecule has 0 fully saturated rings. The van der Waals surface area contributed by atoms with Gasteiger partial charge in [0.2, 0.25) is 0 Å². The van der Waals surface area contributed by atoms with Crippen molar-refractivity contribution < 1.29 is 9.53 Å². The molecule has 2 N–H and O–H groups in total. The number of anilines is 2. The van der Waals surface area contributed by atoms with Crippen LogP contribution in [0.5, 0.6) is 0 Å². The standard InChI is InChI=1S/C14H20N2O2/c1-10(2)9-18-14(17)16-12-5-6-13-11(8-12)4-3-7-15-13/h5-6,8,10,15H,3-4,7,9H2,1-2H3,(H,16,17). The third-order valence-corrected chi connectivity index (χ3v) is 2.84. The molecule has 1 aromatic carbocycles. The van der Waals surface area contributed by atoms with Crippen LogP contribution in [0.1, 0.15) is 25.8 Å². The summed E-state index contributed by atoms with van der Waals surface area (Å²) < 4.78 is 5.09. The molecule has 0 aromatic heterocycles. The van der Waals surface area contributed by atoms with Crippen molar-refractivity contribution >= 4 is 17.5 Å². The molecule has 0 aliphatic carbocycles. The van der Waals surface area contributed by atoms with Crippen molar-refractivity contribution in [1.82, 2.24) is 0 Å². The average molecular weight is 248 g/mol. The Labute approximate surface area is 108 Å². The van der Waals surface area contributed by atoms with Crippen LogP contribution in [0.2, 0.25) is 0 Å². The third kappa shape index (κ3) is 3.39. The van der Waals surface area contributed by atoms with E-state index in [9.17, 15) is 4.79 Å². The maximum Gasteiger partial charge on any atom is 0.411 e. The first-order valence-corrected chi connectivity index (χ1v) is 6.46. The van der Waals surface area contributed by atoms with Gasteiger partial charge in [-0.05, 0) is 42.5 Å². The molecule has 0 atom stereocenters. The van der Waals surface area contributed by atoms with Crippen LogP contribution in [-0.4, -0.2) is 19.2 Å². The summed E-state index contributed by atoms with van der Waals surface area (Å²) in [6.07, 6.45) is 1.81. The Kier molecular flexibility index (Phi) is 4.07. The minimum atomic E-state index is -0.382. The highest BCUT2D eigenvalue weighted by Crippen LogP contribution is 2.25. The first-order chi connectivity index (χ1) is 8.65. The summed E-state index contributed by atoms with van der Waals surface area (Å²) in [5.74, 6) is 0.350. The van der Waals surface area contributed by atoms with E-state index in [1.165, 1.54) is 11.3 Å². The summed E-state index contributed by atoms with van der Waals surface area (Å²) in [7, 11) is 0. The van der Waals surface area contributed by atoms with Crippen LogP contribution in [0, 0.1) is 5.92 Å². The zero-order valence-corrected chi connectivity index (χ0v) is 11.0. The van der Waals surface area contributed by atoms with Crippen LogP contribution in [0.4, 0.5) is 16.2 Å². The van der Waals surface area contributed by atoms with E-state index in [4.69, 9.17) is 4.74 Å². The van der Waals surface area contributed by atoms with Gasteiger partial charge in [0.15, 0.2) is 0 Å².